The van der Waals surface area contributed by atoms with Crippen molar-refractivity contribution in [1.82, 2.24) is 4.72 Å². The summed E-state index contributed by atoms with van der Waals surface area (Å²) in [4.78, 5) is 0. The topological polar surface area (TPSA) is 66.4 Å². The molecule has 1 atom stereocenters. The molecule has 20 heavy (non-hydrogen) atoms. The lowest BCUT2D eigenvalue weighted by atomic mass is 10.1. The maximum atomic E-state index is 13.4. The molecule has 0 spiro atoms. The van der Waals surface area contributed by atoms with Gasteiger partial charge in [0.1, 0.15) is 11.6 Å². The Balaban J connectivity index is 2.66. The van der Waals surface area contributed by atoms with E-state index in [1.165, 1.54) is 6.07 Å². The second kappa shape index (κ2) is 7.10. The number of benzene rings is 1. The molecule has 7 heteroatoms. The highest BCUT2D eigenvalue weighted by Crippen LogP contribution is 2.20. The van der Waals surface area contributed by atoms with Gasteiger partial charge < -0.3 is 5.11 Å². The van der Waals surface area contributed by atoms with E-state index in [0.717, 1.165) is 12.1 Å². The highest BCUT2D eigenvalue weighted by molar-refractivity contribution is 7.89. The molecule has 2 N–H and O–H groups in total. The molecule has 0 bridgehead atoms. The normalized spacial score (nSPS) is 13.7. The van der Waals surface area contributed by atoms with Crippen LogP contribution in [0.3, 0.4) is 0 Å². The van der Waals surface area contributed by atoms with Crippen LogP contribution < -0.4 is 4.72 Å². The molecule has 1 aromatic rings. The van der Waals surface area contributed by atoms with Gasteiger partial charge in [-0.25, -0.2) is 21.9 Å². The van der Waals surface area contributed by atoms with Gasteiger partial charge in [0.2, 0.25) is 10.0 Å². The van der Waals surface area contributed by atoms with Crippen molar-refractivity contribution in [2.75, 3.05) is 12.3 Å². The van der Waals surface area contributed by atoms with Crippen LogP contribution in [-0.4, -0.2) is 25.8 Å². The van der Waals surface area contributed by atoms with Gasteiger partial charge in [-0.3, -0.25) is 0 Å². The van der Waals surface area contributed by atoms with Crippen LogP contribution in [0.25, 0.3) is 0 Å². The van der Waals surface area contributed by atoms with Gasteiger partial charge in [-0.15, -0.1) is 0 Å². The lowest BCUT2D eigenvalue weighted by molar-refractivity contribution is 0.172. The zero-order valence-corrected chi connectivity index (χ0v) is 12.3. The van der Waals surface area contributed by atoms with Crippen molar-refractivity contribution >= 4 is 10.0 Å². The molecule has 1 rings (SSSR count). The van der Waals surface area contributed by atoms with Crippen molar-refractivity contribution in [3.05, 3.63) is 35.4 Å². The van der Waals surface area contributed by atoms with E-state index in [0.29, 0.717) is 6.42 Å². The summed E-state index contributed by atoms with van der Waals surface area (Å²) in [6.45, 7) is 3.32. The van der Waals surface area contributed by atoms with E-state index in [-0.39, 0.29) is 11.7 Å². The summed E-state index contributed by atoms with van der Waals surface area (Å²) in [6, 6.07) is 3.19. The summed E-state index contributed by atoms with van der Waals surface area (Å²) in [5, 5.41) is 9.72. The van der Waals surface area contributed by atoms with Gasteiger partial charge in [0, 0.05) is 6.54 Å². The number of aliphatic hydroxyl groups excluding tert-OH is 1. The Morgan fingerprint density at radius 1 is 1.25 bits per heavy atom. The highest BCUT2D eigenvalue weighted by atomic mass is 32.2. The predicted molar refractivity (Wildman–Crippen MR) is 72.6 cm³/mol. The Bertz CT molecular complexity index is 526. The second-order valence-electron chi connectivity index (χ2n) is 5.00. The fourth-order valence-electron chi connectivity index (χ4n) is 1.60. The van der Waals surface area contributed by atoms with Crippen LogP contribution >= 0.6 is 0 Å². The van der Waals surface area contributed by atoms with Gasteiger partial charge in [0.25, 0.3) is 0 Å². The first-order chi connectivity index (χ1) is 9.23. The third-order valence-corrected chi connectivity index (χ3v) is 4.17. The van der Waals surface area contributed by atoms with Gasteiger partial charge >= 0.3 is 0 Å². The molecule has 0 saturated carbocycles. The van der Waals surface area contributed by atoms with E-state index < -0.39 is 39.9 Å². The maximum Gasteiger partial charge on any atom is 0.211 e. The first-order valence-electron chi connectivity index (χ1n) is 6.32. The van der Waals surface area contributed by atoms with E-state index in [4.69, 9.17) is 0 Å². The molecule has 0 amide bonds. The molecule has 0 radical (unpaired) electrons. The Labute approximate surface area is 117 Å². The third-order valence-electron chi connectivity index (χ3n) is 2.79. The van der Waals surface area contributed by atoms with Crippen molar-refractivity contribution in [3.63, 3.8) is 0 Å². The monoisotopic (exact) mass is 307 g/mol. The SMILES string of the molecule is CC(C)CCS(=O)(=O)NCC(O)c1c(F)cccc1F. The summed E-state index contributed by atoms with van der Waals surface area (Å²) in [7, 11) is -3.56. The van der Waals surface area contributed by atoms with Gasteiger partial charge in [0.15, 0.2) is 0 Å². The third kappa shape index (κ3) is 5.15. The van der Waals surface area contributed by atoms with E-state index in [1.54, 1.807) is 0 Å². The molecular formula is C13H19F2NO3S. The average molecular weight is 307 g/mol. The van der Waals surface area contributed by atoms with E-state index >= 15 is 0 Å². The molecule has 0 aliphatic rings. The number of nitrogens with one attached hydrogen (secondary N) is 1. The van der Waals surface area contributed by atoms with Crippen molar-refractivity contribution < 1.29 is 22.3 Å². The molecular weight excluding hydrogens is 288 g/mol. The lowest BCUT2D eigenvalue weighted by Gasteiger charge is -2.14. The van der Waals surface area contributed by atoms with E-state index in [1.807, 2.05) is 13.8 Å². The van der Waals surface area contributed by atoms with Crippen LogP contribution in [0.1, 0.15) is 31.9 Å². The van der Waals surface area contributed by atoms with Gasteiger partial charge in [-0.2, -0.15) is 0 Å². The van der Waals surface area contributed by atoms with Crippen LogP contribution in [-0.2, 0) is 10.0 Å². The average Bonchev–Trinajstić information content (AvgIpc) is 2.34. The van der Waals surface area contributed by atoms with E-state index in [2.05, 4.69) is 4.72 Å². The molecule has 0 aromatic heterocycles. The van der Waals surface area contributed by atoms with Crippen LogP contribution in [0.15, 0.2) is 18.2 Å². The fourth-order valence-corrected chi connectivity index (χ4v) is 2.94. The minimum atomic E-state index is -3.56. The first kappa shape index (κ1) is 17.0. The van der Waals surface area contributed by atoms with Crippen LogP contribution in [0.5, 0.6) is 0 Å². The van der Waals surface area contributed by atoms with Crippen molar-refractivity contribution in [1.29, 1.82) is 0 Å². The minimum absolute atomic E-state index is 0.0862. The summed E-state index contributed by atoms with van der Waals surface area (Å²) in [6.07, 6.45) is -1.09. The summed E-state index contributed by atoms with van der Waals surface area (Å²) in [5.74, 6) is -1.67. The van der Waals surface area contributed by atoms with E-state index in [9.17, 15) is 22.3 Å². The highest BCUT2D eigenvalue weighted by Gasteiger charge is 2.20. The molecule has 0 heterocycles. The van der Waals surface area contributed by atoms with Crippen molar-refractivity contribution in [3.8, 4) is 0 Å². The zero-order chi connectivity index (χ0) is 15.3. The molecule has 0 fully saturated rings. The number of hydrogen-bond acceptors (Lipinski definition) is 3. The number of aliphatic hydroxyl groups is 1. The zero-order valence-electron chi connectivity index (χ0n) is 11.4. The van der Waals surface area contributed by atoms with Crippen molar-refractivity contribution in [2.24, 2.45) is 5.92 Å². The fraction of sp³-hybridized carbons (Fsp3) is 0.538. The summed E-state index contributed by atoms with van der Waals surface area (Å²) >= 11 is 0. The molecule has 1 aromatic carbocycles. The van der Waals surface area contributed by atoms with Crippen LogP contribution in [0, 0.1) is 17.6 Å². The number of rotatable bonds is 7. The number of sulfonamides is 1. The predicted octanol–water partition coefficient (Wildman–Crippen LogP) is 1.96. The number of halogens is 2. The number of hydrogen-bond donors (Lipinski definition) is 2. The largest absolute Gasteiger partial charge is 0.387 e. The smallest absolute Gasteiger partial charge is 0.211 e. The summed E-state index contributed by atoms with van der Waals surface area (Å²) < 4.78 is 52.2. The van der Waals surface area contributed by atoms with Crippen molar-refractivity contribution in [2.45, 2.75) is 26.4 Å². The van der Waals surface area contributed by atoms with Crippen LogP contribution in [0.4, 0.5) is 8.78 Å². The molecule has 0 aliphatic carbocycles. The lowest BCUT2D eigenvalue weighted by Crippen LogP contribution is -2.31. The molecule has 4 nitrogen and oxygen atoms in total. The van der Waals surface area contributed by atoms with Gasteiger partial charge in [-0.1, -0.05) is 19.9 Å². The minimum Gasteiger partial charge on any atom is -0.387 e. The standard InChI is InChI=1S/C13H19F2NO3S/c1-9(2)6-7-20(18,19)16-8-12(17)13-10(14)4-3-5-11(13)15/h3-5,9,12,16-17H,6-8H2,1-2H3. The molecule has 114 valence electrons. The molecule has 0 saturated heterocycles. The van der Waals surface area contributed by atoms with Gasteiger partial charge in [0.05, 0.1) is 17.4 Å². The first-order valence-corrected chi connectivity index (χ1v) is 7.97. The quantitative estimate of drug-likeness (QED) is 0.809. The van der Waals surface area contributed by atoms with Crippen LogP contribution in [0.2, 0.25) is 0 Å². The Kier molecular flexibility index (Phi) is 6.04. The molecule has 0 aliphatic heterocycles. The Morgan fingerprint density at radius 2 is 1.80 bits per heavy atom. The Hall–Kier alpha value is -1.05. The molecule has 1 unspecified atom stereocenters. The second-order valence-corrected chi connectivity index (χ2v) is 6.93. The summed E-state index contributed by atoms with van der Waals surface area (Å²) in [5.41, 5.74) is -0.529. The van der Waals surface area contributed by atoms with Gasteiger partial charge in [-0.05, 0) is 24.5 Å². The maximum absolute atomic E-state index is 13.4. The Morgan fingerprint density at radius 3 is 2.30 bits per heavy atom.